The zero-order valence-corrected chi connectivity index (χ0v) is 10.9. The smallest absolute Gasteiger partial charge is 0.488 e. The molecule has 0 heterocycles. The van der Waals surface area contributed by atoms with Crippen LogP contribution >= 0.6 is 0 Å². The molecule has 19 heavy (non-hydrogen) atoms. The van der Waals surface area contributed by atoms with Gasteiger partial charge in [-0.05, 0) is 35.1 Å². The first-order valence-electron chi connectivity index (χ1n) is 6.40. The average Bonchev–Trinajstić information content (AvgIpc) is 2.46. The molecule has 98 valence electrons. The SMILES string of the molecule is CCCOc1ccc(-c2ccc(B(O)O)cc2)cc1. The van der Waals surface area contributed by atoms with Crippen LogP contribution in [0.25, 0.3) is 11.1 Å². The van der Waals surface area contributed by atoms with E-state index < -0.39 is 7.12 Å². The summed E-state index contributed by atoms with van der Waals surface area (Å²) in [5, 5.41) is 18.1. The topological polar surface area (TPSA) is 49.7 Å². The maximum atomic E-state index is 9.04. The second-order valence-corrected chi connectivity index (χ2v) is 4.37. The molecule has 0 aliphatic rings. The van der Waals surface area contributed by atoms with Gasteiger partial charge in [0.1, 0.15) is 5.75 Å². The summed E-state index contributed by atoms with van der Waals surface area (Å²) in [6, 6.07) is 15.0. The first-order valence-corrected chi connectivity index (χ1v) is 6.40. The molecule has 0 radical (unpaired) electrons. The highest BCUT2D eigenvalue weighted by atomic mass is 16.5. The second-order valence-electron chi connectivity index (χ2n) is 4.37. The average molecular weight is 256 g/mol. The van der Waals surface area contributed by atoms with E-state index in [-0.39, 0.29) is 0 Å². The summed E-state index contributed by atoms with van der Waals surface area (Å²) >= 11 is 0. The van der Waals surface area contributed by atoms with Gasteiger partial charge in [-0.1, -0.05) is 43.3 Å². The minimum Gasteiger partial charge on any atom is -0.494 e. The Kier molecular flexibility index (Phi) is 4.60. The van der Waals surface area contributed by atoms with Crippen molar-refractivity contribution in [2.24, 2.45) is 0 Å². The van der Waals surface area contributed by atoms with Crippen molar-refractivity contribution in [1.29, 1.82) is 0 Å². The van der Waals surface area contributed by atoms with E-state index in [1.807, 2.05) is 36.4 Å². The third-order valence-electron chi connectivity index (χ3n) is 2.87. The molecule has 0 unspecified atom stereocenters. The van der Waals surface area contributed by atoms with Crippen LogP contribution in [0.1, 0.15) is 13.3 Å². The van der Waals surface area contributed by atoms with Crippen molar-refractivity contribution < 1.29 is 14.8 Å². The van der Waals surface area contributed by atoms with Crippen LogP contribution in [0, 0.1) is 0 Å². The zero-order valence-electron chi connectivity index (χ0n) is 10.9. The normalized spacial score (nSPS) is 10.3. The Labute approximate surface area is 113 Å². The molecule has 0 spiro atoms. The van der Waals surface area contributed by atoms with Crippen molar-refractivity contribution >= 4 is 12.6 Å². The first-order chi connectivity index (χ1) is 9.20. The summed E-state index contributed by atoms with van der Waals surface area (Å²) < 4.78 is 5.53. The summed E-state index contributed by atoms with van der Waals surface area (Å²) in [6.45, 7) is 2.80. The van der Waals surface area contributed by atoms with Gasteiger partial charge in [0.25, 0.3) is 0 Å². The second kappa shape index (κ2) is 6.41. The van der Waals surface area contributed by atoms with Crippen LogP contribution in [-0.2, 0) is 0 Å². The largest absolute Gasteiger partial charge is 0.494 e. The van der Waals surface area contributed by atoms with E-state index >= 15 is 0 Å². The van der Waals surface area contributed by atoms with Gasteiger partial charge in [0.05, 0.1) is 6.61 Å². The van der Waals surface area contributed by atoms with E-state index in [0.29, 0.717) is 5.46 Å². The van der Waals surface area contributed by atoms with Gasteiger partial charge in [0, 0.05) is 0 Å². The minimum absolute atomic E-state index is 0.492. The van der Waals surface area contributed by atoms with Crippen molar-refractivity contribution in [3.8, 4) is 16.9 Å². The Morgan fingerprint density at radius 3 is 1.89 bits per heavy atom. The van der Waals surface area contributed by atoms with E-state index in [2.05, 4.69) is 6.92 Å². The highest BCUT2D eigenvalue weighted by Gasteiger charge is 2.09. The van der Waals surface area contributed by atoms with Crippen molar-refractivity contribution in [3.05, 3.63) is 48.5 Å². The number of benzene rings is 2. The lowest BCUT2D eigenvalue weighted by molar-refractivity contribution is 0.317. The maximum Gasteiger partial charge on any atom is 0.488 e. The molecule has 0 aliphatic heterocycles. The predicted octanol–water partition coefficient (Wildman–Crippen LogP) is 1.82. The fourth-order valence-corrected chi connectivity index (χ4v) is 1.81. The van der Waals surface area contributed by atoms with E-state index in [1.54, 1.807) is 12.1 Å². The Balaban J connectivity index is 2.13. The molecule has 0 atom stereocenters. The van der Waals surface area contributed by atoms with E-state index in [9.17, 15) is 0 Å². The molecule has 3 nitrogen and oxygen atoms in total. The molecule has 0 aliphatic carbocycles. The maximum absolute atomic E-state index is 9.04. The molecule has 4 heteroatoms. The predicted molar refractivity (Wildman–Crippen MR) is 77.5 cm³/mol. The molecule has 0 aromatic heterocycles. The molecule has 0 amide bonds. The van der Waals surface area contributed by atoms with Crippen LogP contribution in [0.5, 0.6) is 5.75 Å². The van der Waals surface area contributed by atoms with Crippen LogP contribution in [0.4, 0.5) is 0 Å². The molecular formula is C15H17BO3. The van der Waals surface area contributed by atoms with Crippen LogP contribution < -0.4 is 10.2 Å². The van der Waals surface area contributed by atoms with Crippen LogP contribution in [-0.4, -0.2) is 23.8 Å². The Morgan fingerprint density at radius 1 is 0.895 bits per heavy atom. The van der Waals surface area contributed by atoms with Crippen LogP contribution in [0.2, 0.25) is 0 Å². The van der Waals surface area contributed by atoms with E-state index in [1.165, 1.54) is 0 Å². The quantitative estimate of drug-likeness (QED) is 0.802. The molecule has 0 saturated carbocycles. The monoisotopic (exact) mass is 256 g/mol. The zero-order chi connectivity index (χ0) is 13.7. The first kappa shape index (κ1) is 13.7. The highest BCUT2D eigenvalue weighted by Crippen LogP contribution is 2.21. The summed E-state index contributed by atoms with van der Waals surface area (Å²) in [5.41, 5.74) is 2.60. The van der Waals surface area contributed by atoms with Gasteiger partial charge in [0.2, 0.25) is 0 Å². The highest BCUT2D eigenvalue weighted by molar-refractivity contribution is 6.58. The lowest BCUT2D eigenvalue weighted by atomic mass is 9.80. The van der Waals surface area contributed by atoms with Crippen molar-refractivity contribution in [2.75, 3.05) is 6.61 Å². The molecule has 2 N–H and O–H groups in total. The number of rotatable bonds is 5. The molecule has 2 aromatic rings. The van der Waals surface area contributed by atoms with Gasteiger partial charge in [0.15, 0.2) is 0 Å². The summed E-state index contributed by atoms with van der Waals surface area (Å²) in [7, 11) is -1.42. The van der Waals surface area contributed by atoms with E-state index in [0.717, 1.165) is 29.9 Å². The van der Waals surface area contributed by atoms with Gasteiger partial charge >= 0.3 is 7.12 Å². The Bertz CT molecular complexity index is 506. The van der Waals surface area contributed by atoms with Crippen LogP contribution in [0.15, 0.2) is 48.5 Å². The summed E-state index contributed by atoms with van der Waals surface area (Å²) in [4.78, 5) is 0. The third-order valence-corrected chi connectivity index (χ3v) is 2.87. The fourth-order valence-electron chi connectivity index (χ4n) is 1.81. The molecular weight excluding hydrogens is 239 g/mol. The van der Waals surface area contributed by atoms with Crippen molar-refractivity contribution in [2.45, 2.75) is 13.3 Å². The lowest BCUT2D eigenvalue weighted by Gasteiger charge is -2.07. The van der Waals surface area contributed by atoms with Gasteiger partial charge < -0.3 is 14.8 Å². The molecule has 0 bridgehead atoms. The Hall–Kier alpha value is -1.78. The summed E-state index contributed by atoms with van der Waals surface area (Å²) in [5.74, 6) is 0.869. The lowest BCUT2D eigenvalue weighted by Crippen LogP contribution is -2.29. The van der Waals surface area contributed by atoms with Crippen molar-refractivity contribution in [3.63, 3.8) is 0 Å². The van der Waals surface area contributed by atoms with Gasteiger partial charge in [-0.15, -0.1) is 0 Å². The molecule has 2 aromatic carbocycles. The minimum atomic E-state index is -1.42. The van der Waals surface area contributed by atoms with Crippen LogP contribution in [0.3, 0.4) is 0 Å². The van der Waals surface area contributed by atoms with E-state index in [4.69, 9.17) is 14.8 Å². The van der Waals surface area contributed by atoms with Gasteiger partial charge in [-0.2, -0.15) is 0 Å². The fraction of sp³-hybridized carbons (Fsp3) is 0.200. The summed E-state index contributed by atoms with van der Waals surface area (Å²) in [6.07, 6.45) is 0.993. The molecule has 0 saturated heterocycles. The molecule has 0 fully saturated rings. The number of hydrogen-bond donors (Lipinski definition) is 2. The third kappa shape index (κ3) is 3.59. The standard InChI is InChI=1S/C15H17BO3/c1-2-11-19-15-9-5-13(6-10-15)12-3-7-14(8-4-12)16(17)18/h3-10,17-18H,2,11H2,1H3. The Morgan fingerprint density at radius 2 is 1.42 bits per heavy atom. The van der Waals surface area contributed by atoms with Crippen molar-refractivity contribution in [1.82, 2.24) is 0 Å². The number of hydrogen-bond acceptors (Lipinski definition) is 3. The number of ether oxygens (including phenoxy) is 1. The van der Waals surface area contributed by atoms with Gasteiger partial charge in [-0.25, -0.2) is 0 Å². The molecule has 2 rings (SSSR count). The van der Waals surface area contributed by atoms with Gasteiger partial charge in [-0.3, -0.25) is 0 Å².